The molecule has 0 N–H and O–H groups in total. The van der Waals surface area contributed by atoms with E-state index in [1.807, 2.05) is 0 Å². The van der Waals surface area contributed by atoms with Gasteiger partial charge in [-0.05, 0) is 6.92 Å². The topological polar surface area (TPSA) is 83.5 Å². The van der Waals surface area contributed by atoms with Gasteiger partial charge in [0.25, 0.3) is 0 Å². The monoisotopic (exact) mass is 185 g/mol. The SMILES string of the molecule is CC(CC(=O)[O-])OS(=O)(=O)F. The Kier molecular flexibility index (Phi) is 3.40. The van der Waals surface area contributed by atoms with Crippen LogP contribution in [0.5, 0.6) is 0 Å². The Labute approximate surface area is 63.2 Å². The maximum atomic E-state index is 11.6. The normalized spacial score (nSPS) is 14.4. The van der Waals surface area contributed by atoms with Crippen molar-refractivity contribution in [1.29, 1.82) is 0 Å². The van der Waals surface area contributed by atoms with Gasteiger partial charge in [0.15, 0.2) is 0 Å². The third kappa shape index (κ3) is 7.20. The molecule has 0 saturated heterocycles. The lowest BCUT2D eigenvalue weighted by Crippen LogP contribution is -2.28. The molecule has 7 heteroatoms. The van der Waals surface area contributed by atoms with Gasteiger partial charge in [-0.15, -0.1) is 0 Å². The third-order valence-corrected chi connectivity index (χ3v) is 1.29. The highest BCUT2D eigenvalue weighted by atomic mass is 32.3. The van der Waals surface area contributed by atoms with E-state index in [-0.39, 0.29) is 0 Å². The first-order valence-electron chi connectivity index (χ1n) is 2.64. The summed E-state index contributed by atoms with van der Waals surface area (Å²) >= 11 is 0. The molecular weight excluding hydrogens is 179 g/mol. The van der Waals surface area contributed by atoms with Gasteiger partial charge in [0.1, 0.15) is 0 Å². The molecule has 66 valence electrons. The predicted molar refractivity (Wildman–Crippen MR) is 30.2 cm³/mol. The van der Waals surface area contributed by atoms with E-state index in [0.717, 1.165) is 6.92 Å². The van der Waals surface area contributed by atoms with Crippen LogP contribution < -0.4 is 5.11 Å². The Morgan fingerprint density at radius 1 is 1.73 bits per heavy atom. The number of rotatable bonds is 4. The van der Waals surface area contributed by atoms with Crippen molar-refractivity contribution >= 4 is 16.5 Å². The minimum Gasteiger partial charge on any atom is -0.550 e. The summed E-state index contributed by atoms with van der Waals surface area (Å²) in [5.41, 5.74) is 0. The van der Waals surface area contributed by atoms with Gasteiger partial charge in [0.05, 0.1) is 6.10 Å². The molecule has 0 aromatic heterocycles. The highest BCUT2D eigenvalue weighted by Crippen LogP contribution is 2.03. The molecule has 0 rings (SSSR count). The minimum atomic E-state index is -5.06. The number of carboxylic acids is 1. The van der Waals surface area contributed by atoms with E-state index < -0.39 is 29.0 Å². The molecule has 0 amide bonds. The van der Waals surface area contributed by atoms with Crippen LogP contribution >= 0.6 is 0 Å². The summed E-state index contributed by atoms with van der Waals surface area (Å²) in [4.78, 5) is 9.79. The summed E-state index contributed by atoms with van der Waals surface area (Å²) in [6, 6.07) is 0. The lowest BCUT2D eigenvalue weighted by Gasteiger charge is -2.08. The zero-order valence-corrected chi connectivity index (χ0v) is 6.43. The number of aliphatic carboxylic acids is 1. The highest BCUT2D eigenvalue weighted by molar-refractivity contribution is 7.81. The Balaban J connectivity index is 3.89. The molecule has 11 heavy (non-hydrogen) atoms. The van der Waals surface area contributed by atoms with Gasteiger partial charge in [-0.25, -0.2) is 4.18 Å². The largest absolute Gasteiger partial charge is 0.550 e. The van der Waals surface area contributed by atoms with Crippen LogP contribution in [0.2, 0.25) is 0 Å². The number of carbonyl (C=O) groups excluding carboxylic acids is 1. The molecule has 0 radical (unpaired) electrons. The molecule has 0 aliphatic heterocycles. The smallest absolute Gasteiger partial charge is 0.437 e. The Hall–Kier alpha value is -0.690. The van der Waals surface area contributed by atoms with Crippen molar-refractivity contribution < 1.29 is 26.4 Å². The van der Waals surface area contributed by atoms with Gasteiger partial charge in [0.2, 0.25) is 0 Å². The second kappa shape index (κ2) is 3.63. The van der Waals surface area contributed by atoms with Crippen LogP contribution in [0.4, 0.5) is 3.89 Å². The van der Waals surface area contributed by atoms with Crippen molar-refractivity contribution in [2.45, 2.75) is 19.4 Å². The van der Waals surface area contributed by atoms with E-state index in [4.69, 9.17) is 0 Å². The molecule has 0 heterocycles. The zero-order chi connectivity index (χ0) is 9.07. The first-order chi connectivity index (χ1) is 4.81. The fraction of sp³-hybridized carbons (Fsp3) is 0.750. The van der Waals surface area contributed by atoms with Crippen molar-refractivity contribution in [3.63, 3.8) is 0 Å². The molecule has 0 bridgehead atoms. The van der Waals surface area contributed by atoms with Gasteiger partial charge < -0.3 is 9.90 Å². The fourth-order valence-electron chi connectivity index (χ4n) is 0.465. The van der Waals surface area contributed by atoms with Gasteiger partial charge in [-0.1, -0.05) is 3.89 Å². The average molecular weight is 185 g/mol. The van der Waals surface area contributed by atoms with Crippen LogP contribution in [0.25, 0.3) is 0 Å². The Bertz CT molecular complexity index is 233. The highest BCUT2D eigenvalue weighted by Gasteiger charge is 2.13. The summed E-state index contributed by atoms with van der Waals surface area (Å²) in [7, 11) is -5.06. The van der Waals surface area contributed by atoms with Crippen LogP contribution in [0.15, 0.2) is 0 Å². The summed E-state index contributed by atoms with van der Waals surface area (Å²) < 4.78 is 34.7. The van der Waals surface area contributed by atoms with Crippen LogP contribution in [0.3, 0.4) is 0 Å². The Morgan fingerprint density at radius 2 is 2.18 bits per heavy atom. The van der Waals surface area contributed by atoms with Gasteiger partial charge >= 0.3 is 10.5 Å². The predicted octanol–water partition coefficient (Wildman–Crippen LogP) is -1.25. The van der Waals surface area contributed by atoms with Gasteiger partial charge in [-0.2, -0.15) is 8.42 Å². The number of hydrogen-bond acceptors (Lipinski definition) is 5. The quantitative estimate of drug-likeness (QED) is 0.511. The second-order valence-electron chi connectivity index (χ2n) is 1.88. The molecule has 1 unspecified atom stereocenters. The maximum absolute atomic E-state index is 11.6. The summed E-state index contributed by atoms with van der Waals surface area (Å²) in [5, 5.41) is 9.79. The van der Waals surface area contributed by atoms with Crippen molar-refractivity contribution in [3.05, 3.63) is 0 Å². The minimum absolute atomic E-state index is 0.664. The van der Waals surface area contributed by atoms with E-state index in [0.29, 0.717) is 0 Å². The molecule has 0 spiro atoms. The maximum Gasteiger partial charge on any atom is 0.437 e. The molecule has 5 nitrogen and oxygen atoms in total. The lowest BCUT2D eigenvalue weighted by molar-refractivity contribution is -0.306. The number of carboxylic acid groups (broad SMARTS) is 1. The van der Waals surface area contributed by atoms with E-state index in [1.54, 1.807) is 0 Å². The third-order valence-electron chi connectivity index (χ3n) is 0.733. The number of halogens is 1. The second-order valence-corrected chi connectivity index (χ2v) is 2.85. The standard InChI is InChI=1S/C4H7FO5S/c1-3(2-4(6)7)10-11(5,8)9/h3H,2H2,1H3,(H,6,7)/p-1. The first-order valence-corrected chi connectivity index (χ1v) is 3.95. The molecule has 0 saturated carbocycles. The van der Waals surface area contributed by atoms with Crippen molar-refractivity contribution in [2.75, 3.05) is 0 Å². The van der Waals surface area contributed by atoms with Crippen molar-refractivity contribution in [2.24, 2.45) is 0 Å². The summed E-state index contributed by atoms with van der Waals surface area (Å²) in [6.07, 6.45) is -1.90. The molecule has 0 aromatic rings. The zero-order valence-electron chi connectivity index (χ0n) is 5.61. The van der Waals surface area contributed by atoms with E-state index in [1.165, 1.54) is 0 Å². The molecular formula is C4H6FO5S-. The van der Waals surface area contributed by atoms with Gasteiger partial charge in [-0.3, -0.25) is 0 Å². The molecule has 0 aromatic carbocycles. The average Bonchev–Trinajstić information content (AvgIpc) is 1.53. The summed E-state index contributed by atoms with van der Waals surface area (Å²) in [6.45, 7) is 1.10. The number of hydrogen-bond donors (Lipinski definition) is 0. The Morgan fingerprint density at radius 3 is 2.45 bits per heavy atom. The van der Waals surface area contributed by atoms with E-state index in [2.05, 4.69) is 4.18 Å². The molecule has 1 atom stereocenters. The molecule has 0 aliphatic carbocycles. The summed E-state index contributed by atoms with van der Waals surface area (Å²) in [5.74, 6) is -1.50. The van der Waals surface area contributed by atoms with Crippen LogP contribution in [0.1, 0.15) is 13.3 Å². The molecule has 0 fully saturated rings. The van der Waals surface area contributed by atoms with Crippen LogP contribution in [0, 0.1) is 0 Å². The number of carbonyl (C=O) groups is 1. The van der Waals surface area contributed by atoms with Gasteiger partial charge in [0, 0.05) is 12.4 Å². The van der Waals surface area contributed by atoms with Crippen LogP contribution in [-0.4, -0.2) is 20.5 Å². The van der Waals surface area contributed by atoms with E-state index in [9.17, 15) is 22.2 Å². The van der Waals surface area contributed by atoms with Crippen LogP contribution in [-0.2, 0) is 19.5 Å². The van der Waals surface area contributed by atoms with Crippen molar-refractivity contribution in [1.82, 2.24) is 0 Å². The molecule has 0 aliphatic rings. The van der Waals surface area contributed by atoms with E-state index >= 15 is 0 Å². The van der Waals surface area contributed by atoms with Crippen molar-refractivity contribution in [3.8, 4) is 0 Å². The fourth-order valence-corrected chi connectivity index (χ4v) is 0.925. The lowest BCUT2D eigenvalue weighted by atomic mass is 10.3. The first kappa shape index (κ1) is 10.3.